The average molecular weight is 336 g/mol. The molecule has 0 aromatic carbocycles. The van der Waals surface area contributed by atoms with Crippen LogP contribution < -0.4 is 0 Å². The van der Waals surface area contributed by atoms with E-state index >= 15 is 0 Å². The Hall–Kier alpha value is -0.490. The summed E-state index contributed by atoms with van der Waals surface area (Å²) in [6.45, 7) is 0. The highest BCUT2D eigenvalue weighted by atomic mass is 32.5. The Morgan fingerprint density at radius 1 is 0.632 bits per heavy atom. The minimum atomic E-state index is -11.2. The molecule has 1 fully saturated rings. The number of alkyl halides is 8. The predicted molar refractivity (Wildman–Crippen MR) is 41.3 cm³/mol. The third-order valence-electron chi connectivity index (χ3n) is 2.61. The van der Waals surface area contributed by atoms with Gasteiger partial charge in [0.2, 0.25) is 9.84 Å². The first kappa shape index (κ1) is 16.6. The molecule has 0 atom stereocenters. The molecule has 0 aromatic rings. The van der Waals surface area contributed by atoms with E-state index < -0.39 is 45.0 Å². The van der Waals surface area contributed by atoms with Crippen LogP contribution in [0.5, 0.6) is 0 Å². The second kappa shape index (κ2) is 2.91. The molecule has 1 rings (SSSR count). The van der Waals surface area contributed by atoms with Crippen molar-refractivity contribution in [3.05, 3.63) is 0 Å². The lowest BCUT2D eigenvalue weighted by Gasteiger charge is -2.54. The standard InChI is InChI=1S/C6H4F12S/c7-3(8)1-2-19(15,16,17,18)6(13,14)5(11,12)4(3,9)10/h1-2H2. The molecule has 1 heterocycles. The number of halogens is 12. The van der Waals surface area contributed by atoms with Crippen LogP contribution in [0.1, 0.15) is 6.42 Å². The third-order valence-corrected chi connectivity index (χ3v) is 5.03. The van der Waals surface area contributed by atoms with Gasteiger partial charge in [-0.3, -0.25) is 0 Å². The Bertz CT molecular complexity index is 414. The average Bonchev–Trinajstić information content (AvgIpc) is 2.12. The minimum absolute atomic E-state index is 3.20. The fraction of sp³-hybridized carbons (Fsp3) is 1.00. The van der Waals surface area contributed by atoms with Crippen LogP contribution >= 0.6 is 9.84 Å². The SMILES string of the molecule is FC1(F)CCS(F)(F)(F)(F)C(F)(F)C(F)(F)C1(F)F. The van der Waals surface area contributed by atoms with Gasteiger partial charge in [-0.2, -0.15) is 35.1 Å². The molecule has 0 aromatic heterocycles. The van der Waals surface area contributed by atoms with Crippen LogP contribution in [0.15, 0.2) is 0 Å². The van der Waals surface area contributed by atoms with Crippen molar-refractivity contribution in [2.24, 2.45) is 0 Å². The van der Waals surface area contributed by atoms with E-state index in [1.54, 1.807) is 0 Å². The molecule has 0 spiro atoms. The Morgan fingerprint density at radius 2 is 1.00 bits per heavy atom. The summed E-state index contributed by atoms with van der Waals surface area (Å²) in [5, 5.41) is -7.89. The zero-order chi connectivity index (χ0) is 15.8. The lowest BCUT2D eigenvalue weighted by Crippen LogP contribution is -2.63. The normalized spacial score (nSPS) is 39.8. The lowest BCUT2D eigenvalue weighted by atomic mass is 10.0. The maximum atomic E-state index is 12.7. The zero-order valence-electron chi connectivity index (χ0n) is 8.36. The summed E-state index contributed by atoms with van der Waals surface area (Å²) in [6.07, 6.45) is -3.20. The fourth-order valence-corrected chi connectivity index (χ4v) is 2.94. The zero-order valence-corrected chi connectivity index (χ0v) is 9.17. The maximum absolute atomic E-state index is 12.7. The smallest absolute Gasteiger partial charge is 0.200 e. The highest BCUT2D eigenvalue weighted by molar-refractivity contribution is 8.50. The Balaban J connectivity index is 3.77. The Kier molecular flexibility index (Phi) is 2.54. The molecule has 0 nitrogen and oxygen atoms in total. The van der Waals surface area contributed by atoms with Crippen molar-refractivity contribution in [3.63, 3.8) is 0 Å². The van der Waals surface area contributed by atoms with Gasteiger partial charge in [-0.1, -0.05) is 0 Å². The third kappa shape index (κ3) is 1.65. The first-order valence-electron chi connectivity index (χ1n) is 4.23. The van der Waals surface area contributed by atoms with E-state index in [1.165, 1.54) is 0 Å². The molecular weight excluding hydrogens is 332 g/mol. The molecular formula is C6H4F12S. The molecule has 1 aliphatic heterocycles. The van der Waals surface area contributed by atoms with Crippen molar-refractivity contribution in [3.8, 4) is 0 Å². The number of rotatable bonds is 0. The number of hydrogen-bond donors (Lipinski definition) is 0. The molecule has 118 valence electrons. The van der Waals surface area contributed by atoms with Crippen molar-refractivity contribution in [2.75, 3.05) is 5.75 Å². The van der Waals surface area contributed by atoms with E-state index in [2.05, 4.69) is 0 Å². The van der Waals surface area contributed by atoms with Gasteiger partial charge in [0.25, 0.3) is 0 Å². The van der Waals surface area contributed by atoms with Gasteiger partial charge < -0.3 is 0 Å². The summed E-state index contributed by atoms with van der Waals surface area (Å²) >= 11 is 0. The molecule has 1 aliphatic rings. The van der Waals surface area contributed by atoms with Gasteiger partial charge in [0.15, 0.2) is 0 Å². The quantitative estimate of drug-likeness (QED) is 0.527. The van der Waals surface area contributed by atoms with Gasteiger partial charge in [-0.05, 0) is 0 Å². The summed E-state index contributed by atoms with van der Waals surface area (Å²) < 4.78 is 151. The summed E-state index contributed by atoms with van der Waals surface area (Å²) in [6, 6.07) is 0. The molecule has 0 N–H and O–H groups in total. The molecule has 0 radical (unpaired) electrons. The molecule has 0 aliphatic carbocycles. The van der Waals surface area contributed by atoms with E-state index in [4.69, 9.17) is 0 Å². The van der Waals surface area contributed by atoms with Gasteiger partial charge in [0, 0.05) is 6.42 Å². The topological polar surface area (TPSA) is 0 Å². The molecule has 19 heavy (non-hydrogen) atoms. The van der Waals surface area contributed by atoms with Crippen LogP contribution in [0.4, 0.5) is 50.7 Å². The molecule has 0 unspecified atom stereocenters. The summed E-state index contributed by atoms with van der Waals surface area (Å²) in [5.74, 6) is -24.6. The maximum Gasteiger partial charge on any atom is 0.421 e. The summed E-state index contributed by atoms with van der Waals surface area (Å²) in [4.78, 5) is 0. The minimum Gasteiger partial charge on any atom is -0.200 e. The van der Waals surface area contributed by atoms with E-state index in [9.17, 15) is 50.7 Å². The fourth-order valence-electron chi connectivity index (χ4n) is 1.32. The van der Waals surface area contributed by atoms with Crippen LogP contribution in [0, 0.1) is 0 Å². The highest BCUT2D eigenvalue weighted by Gasteiger charge is 2.98. The molecule has 1 saturated heterocycles. The molecule has 0 saturated carbocycles. The van der Waals surface area contributed by atoms with Crippen molar-refractivity contribution < 1.29 is 50.7 Å². The first-order chi connectivity index (χ1) is 7.73. The van der Waals surface area contributed by atoms with Gasteiger partial charge >= 0.3 is 23.0 Å². The lowest BCUT2D eigenvalue weighted by molar-refractivity contribution is -0.346. The van der Waals surface area contributed by atoms with Crippen LogP contribution in [-0.4, -0.2) is 28.8 Å². The molecule has 0 amide bonds. The van der Waals surface area contributed by atoms with Crippen LogP contribution in [-0.2, 0) is 0 Å². The second-order valence-corrected chi connectivity index (χ2v) is 7.46. The van der Waals surface area contributed by atoms with Gasteiger partial charge in [-0.25, -0.2) is 0 Å². The Labute approximate surface area is 96.7 Å². The first-order valence-corrected chi connectivity index (χ1v) is 6.45. The van der Waals surface area contributed by atoms with Crippen molar-refractivity contribution in [1.82, 2.24) is 0 Å². The van der Waals surface area contributed by atoms with Gasteiger partial charge in [-0.15, -0.1) is 15.5 Å². The van der Waals surface area contributed by atoms with E-state index in [-0.39, 0.29) is 0 Å². The van der Waals surface area contributed by atoms with E-state index in [0.29, 0.717) is 0 Å². The van der Waals surface area contributed by atoms with Crippen molar-refractivity contribution in [1.29, 1.82) is 0 Å². The van der Waals surface area contributed by atoms with E-state index in [0.717, 1.165) is 0 Å². The van der Waals surface area contributed by atoms with Crippen LogP contribution in [0.25, 0.3) is 0 Å². The molecule has 13 heteroatoms. The monoisotopic (exact) mass is 336 g/mol. The summed E-state index contributed by atoms with van der Waals surface area (Å²) in [7, 11) is -11.2. The second-order valence-electron chi connectivity index (χ2n) is 4.06. The van der Waals surface area contributed by atoms with Gasteiger partial charge in [0.05, 0.1) is 5.75 Å². The van der Waals surface area contributed by atoms with Crippen LogP contribution in [0.2, 0.25) is 0 Å². The van der Waals surface area contributed by atoms with Crippen molar-refractivity contribution in [2.45, 2.75) is 29.4 Å². The van der Waals surface area contributed by atoms with Gasteiger partial charge in [0.1, 0.15) is 0 Å². The van der Waals surface area contributed by atoms with E-state index in [1.807, 2.05) is 0 Å². The number of hydrogen-bond acceptors (Lipinski definition) is 0. The molecule has 0 bridgehead atoms. The van der Waals surface area contributed by atoms with Crippen LogP contribution in [0.3, 0.4) is 0 Å². The predicted octanol–water partition coefficient (Wildman–Crippen LogP) is 5.30. The van der Waals surface area contributed by atoms with Crippen molar-refractivity contribution >= 4 is 9.84 Å². The largest absolute Gasteiger partial charge is 0.421 e. The highest BCUT2D eigenvalue weighted by Crippen LogP contribution is 3.05. The Morgan fingerprint density at radius 3 is 1.37 bits per heavy atom. The summed E-state index contributed by atoms with van der Waals surface area (Å²) in [5.41, 5.74) is 0.